The van der Waals surface area contributed by atoms with Crippen LogP contribution in [0.15, 0.2) is 0 Å². The molecule has 0 bridgehead atoms. The van der Waals surface area contributed by atoms with Crippen LogP contribution in [0.2, 0.25) is 0 Å². The van der Waals surface area contributed by atoms with Crippen LogP contribution in [0, 0.1) is 23.7 Å². The molecule has 1 aliphatic heterocycles. The SMILES string of the molecule is COCO[C@@H]([C@H](C)[C@H](O)[C@H](C)[C@H]1OC(=O)[C@@H](O)[C@@H]1C)[C@H](C)[C@H](CO)OC. The van der Waals surface area contributed by atoms with Gasteiger partial charge in [0.05, 0.1) is 24.9 Å². The Kier molecular flexibility index (Phi) is 9.43. The van der Waals surface area contributed by atoms with E-state index in [0.29, 0.717) is 0 Å². The molecule has 1 heterocycles. The zero-order valence-corrected chi connectivity index (χ0v) is 16.5. The lowest BCUT2D eigenvalue weighted by atomic mass is 9.78. The normalized spacial score (nSPS) is 30.3. The number of aliphatic hydroxyl groups excluding tert-OH is 3. The Bertz CT molecular complexity index is 427. The Morgan fingerprint density at radius 3 is 2.23 bits per heavy atom. The smallest absolute Gasteiger partial charge is 0.335 e. The van der Waals surface area contributed by atoms with E-state index in [2.05, 4.69) is 0 Å². The van der Waals surface area contributed by atoms with Gasteiger partial charge in [-0.1, -0.05) is 27.7 Å². The summed E-state index contributed by atoms with van der Waals surface area (Å²) in [6.45, 7) is 7.08. The third kappa shape index (κ3) is 5.15. The number of hydrogen-bond acceptors (Lipinski definition) is 8. The minimum Gasteiger partial charge on any atom is -0.460 e. The molecule has 0 radical (unpaired) electrons. The van der Waals surface area contributed by atoms with Gasteiger partial charge in [-0.05, 0) is 0 Å². The summed E-state index contributed by atoms with van der Waals surface area (Å²) in [6, 6.07) is 0. The van der Waals surface area contributed by atoms with Gasteiger partial charge in [-0.25, -0.2) is 4.79 Å². The minimum atomic E-state index is -1.17. The second-order valence-corrected chi connectivity index (χ2v) is 7.27. The molecule has 0 unspecified atom stereocenters. The van der Waals surface area contributed by atoms with Crippen LogP contribution in [0.1, 0.15) is 27.7 Å². The summed E-state index contributed by atoms with van der Waals surface area (Å²) in [7, 11) is 3.02. The fourth-order valence-electron chi connectivity index (χ4n) is 3.76. The van der Waals surface area contributed by atoms with Crippen molar-refractivity contribution in [2.24, 2.45) is 23.7 Å². The fraction of sp³-hybridized carbons (Fsp3) is 0.944. The first kappa shape index (κ1) is 23.3. The van der Waals surface area contributed by atoms with Gasteiger partial charge < -0.3 is 34.3 Å². The number of aliphatic hydroxyl groups is 3. The second kappa shape index (κ2) is 10.5. The van der Waals surface area contributed by atoms with E-state index in [4.69, 9.17) is 18.9 Å². The quantitative estimate of drug-likeness (QED) is 0.344. The topological polar surface area (TPSA) is 115 Å². The molecule has 1 aliphatic rings. The fourth-order valence-corrected chi connectivity index (χ4v) is 3.76. The van der Waals surface area contributed by atoms with Gasteiger partial charge in [-0.15, -0.1) is 0 Å². The molecule has 9 atom stereocenters. The molecule has 8 nitrogen and oxygen atoms in total. The highest BCUT2D eigenvalue weighted by molar-refractivity contribution is 5.77. The van der Waals surface area contributed by atoms with E-state index in [0.717, 1.165) is 0 Å². The molecule has 154 valence electrons. The molecule has 1 fully saturated rings. The Morgan fingerprint density at radius 2 is 1.81 bits per heavy atom. The highest BCUT2D eigenvalue weighted by atomic mass is 16.7. The van der Waals surface area contributed by atoms with Crippen molar-refractivity contribution in [3.05, 3.63) is 0 Å². The third-order valence-electron chi connectivity index (χ3n) is 5.59. The van der Waals surface area contributed by atoms with Gasteiger partial charge in [-0.3, -0.25) is 0 Å². The van der Waals surface area contributed by atoms with Crippen molar-refractivity contribution in [2.45, 2.75) is 58.2 Å². The Labute approximate surface area is 155 Å². The average molecular weight is 378 g/mol. The predicted octanol–water partition coefficient (Wildman–Crippen LogP) is 0.174. The maximum absolute atomic E-state index is 11.6. The molecule has 1 saturated heterocycles. The number of hydrogen-bond donors (Lipinski definition) is 3. The number of esters is 1. The number of cyclic esters (lactones) is 1. The van der Waals surface area contributed by atoms with E-state index in [-0.39, 0.29) is 25.2 Å². The molecular formula is C18H34O8. The summed E-state index contributed by atoms with van der Waals surface area (Å²) in [5.41, 5.74) is 0. The monoisotopic (exact) mass is 378 g/mol. The zero-order valence-electron chi connectivity index (χ0n) is 16.5. The van der Waals surface area contributed by atoms with E-state index >= 15 is 0 Å². The number of carbonyl (C=O) groups excluding carboxylic acids is 1. The van der Waals surface area contributed by atoms with E-state index in [1.807, 2.05) is 13.8 Å². The van der Waals surface area contributed by atoms with E-state index < -0.39 is 48.3 Å². The molecule has 0 aromatic rings. The van der Waals surface area contributed by atoms with Crippen LogP contribution < -0.4 is 0 Å². The van der Waals surface area contributed by atoms with Gasteiger partial charge in [0.1, 0.15) is 12.9 Å². The first-order valence-corrected chi connectivity index (χ1v) is 9.01. The van der Waals surface area contributed by atoms with Crippen molar-refractivity contribution >= 4 is 5.97 Å². The predicted molar refractivity (Wildman–Crippen MR) is 93.2 cm³/mol. The largest absolute Gasteiger partial charge is 0.460 e. The van der Waals surface area contributed by atoms with Crippen LogP contribution in [-0.2, 0) is 23.7 Å². The van der Waals surface area contributed by atoms with Crippen molar-refractivity contribution < 1.29 is 39.1 Å². The molecule has 26 heavy (non-hydrogen) atoms. The molecule has 0 saturated carbocycles. The third-order valence-corrected chi connectivity index (χ3v) is 5.59. The van der Waals surface area contributed by atoms with Crippen LogP contribution in [0.25, 0.3) is 0 Å². The maximum Gasteiger partial charge on any atom is 0.335 e. The number of carbonyl (C=O) groups is 1. The number of rotatable bonds is 11. The van der Waals surface area contributed by atoms with Crippen LogP contribution in [0.4, 0.5) is 0 Å². The minimum absolute atomic E-state index is 0.0375. The molecule has 0 amide bonds. The van der Waals surface area contributed by atoms with E-state index in [1.54, 1.807) is 13.8 Å². The van der Waals surface area contributed by atoms with Gasteiger partial charge in [0.2, 0.25) is 0 Å². The molecule has 1 rings (SSSR count). The Hall–Kier alpha value is -0.770. The molecule has 0 aromatic carbocycles. The molecule has 8 heteroatoms. The molecule has 3 N–H and O–H groups in total. The number of methoxy groups -OCH3 is 2. The van der Waals surface area contributed by atoms with Crippen molar-refractivity contribution in [1.29, 1.82) is 0 Å². The molecule has 0 aliphatic carbocycles. The first-order chi connectivity index (χ1) is 12.2. The summed E-state index contributed by atoms with van der Waals surface area (Å²) in [5, 5.41) is 30.2. The highest BCUT2D eigenvalue weighted by Crippen LogP contribution is 2.34. The zero-order chi connectivity index (χ0) is 20.0. The summed E-state index contributed by atoms with van der Waals surface area (Å²) in [4.78, 5) is 11.6. The summed E-state index contributed by atoms with van der Waals surface area (Å²) < 4.78 is 21.3. The summed E-state index contributed by atoms with van der Waals surface area (Å²) >= 11 is 0. The van der Waals surface area contributed by atoms with Crippen molar-refractivity contribution in [3.8, 4) is 0 Å². The van der Waals surface area contributed by atoms with Gasteiger partial charge in [0.15, 0.2) is 6.10 Å². The molecule has 0 aromatic heterocycles. The van der Waals surface area contributed by atoms with Crippen molar-refractivity contribution in [3.63, 3.8) is 0 Å². The lowest BCUT2D eigenvalue weighted by Crippen LogP contribution is -2.47. The average Bonchev–Trinajstić information content (AvgIpc) is 2.89. The van der Waals surface area contributed by atoms with Crippen LogP contribution in [0.5, 0.6) is 0 Å². The van der Waals surface area contributed by atoms with Crippen molar-refractivity contribution in [1.82, 2.24) is 0 Å². The molecule has 0 spiro atoms. The van der Waals surface area contributed by atoms with Gasteiger partial charge >= 0.3 is 5.97 Å². The highest BCUT2D eigenvalue weighted by Gasteiger charge is 2.47. The first-order valence-electron chi connectivity index (χ1n) is 9.01. The standard InChI is InChI=1S/C18H34O8/c1-9(13(7-19)24-6)16(25-8-23-5)10(2)14(20)11(3)17-12(4)15(21)18(22)26-17/h9-17,19-21H,7-8H2,1-6H3/t9-,10-,11+,12+,13+,14+,15+,16-,17-/m1/s1. The van der Waals surface area contributed by atoms with Crippen LogP contribution in [-0.4, -0.2) is 79.4 Å². The van der Waals surface area contributed by atoms with Crippen LogP contribution in [0.3, 0.4) is 0 Å². The summed E-state index contributed by atoms with van der Waals surface area (Å²) in [6.07, 6.45) is -3.52. The maximum atomic E-state index is 11.6. The van der Waals surface area contributed by atoms with Crippen LogP contribution >= 0.6 is 0 Å². The van der Waals surface area contributed by atoms with E-state index in [9.17, 15) is 20.1 Å². The lowest BCUT2D eigenvalue weighted by molar-refractivity contribution is -0.161. The number of ether oxygens (including phenoxy) is 4. The second-order valence-electron chi connectivity index (χ2n) is 7.27. The van der Waals surface area contributed by atoms with Gasteiger partial charge in [-0.2, -0.15) is 0 Å². The van der Waals surface area contributed by atoms with E-state index in [1.165, 1.54) is 14.2 Å². The Balaban J connectivity index is 2.91. The lowest BCUT2D eigenvalue weighted by Gasteiger charge is -2.38. The van der Waals surface area contributed by atoms with Gasteiger partial charge in [0, 0.05) is 37.9 Å². The Morgan fingerprint density at radius 1 is 1.19 bits per heavy atom. The summed E-state index contributed by atoms with van der Waals surface area (Å²) in [5.74, 6) is -2.04. The molecular weight excluding hydrogens is 344 g/mol. The van der Waals surface area contributed by atoms with Gasteiger partial charge in [0.25, 0.3) is 0 Å². The van der Waals surface area contributed by atoms with Crippen molar-refractivity contribution in [2.75, 3.05) is 27.6 Å².